The van der Waals surface area contributed by atoms with Crippen LogP contribution < -0.4 is 0 Å². The van der Waals surface area contributed by atoms with Crippen LogP contribution in [-0.4, -0.2) is 145 Å². The average molecular weight is 1320 g/mol. The summed E-state index contributed by atoms with van der Waals surface area (Å²) in [5.74, 6) is -1.34. The molecular formula is C73H128O16Si2. The molecule has 0 aromatic carbocycles. The van der Waals surface area contributed by atoms with Crippen molar-refractivity contribution < 1.29 is 76.9 Å². The van der Waals surface area contributed by atoms with Crippen LogP contribution in [0.5, 0.6) is 0 Å². The summed E-state index contributed by atoms with van der Waals surface area (Å²) in [5.41, 5.74) is -1.04. The number of hydrogen-bond donors (Lipinski definition) is 4. The van der Waals surface area contributed by atoms with Gasteiger partial charge < -0.3 is 57.7 Å². The van der Waals surface area contributed by atoms with E-state index >= 15 is 0 Å². The number of carbonyl (C=O) groups is 4. The Balaban J connectivity index is 0.000000642. The molecule has 0 saturated carbocycles. The van der Waals surface area contributed by atoms with Gasteiger partial charge >= 0.3 is 23.9 Å². The predicted octanol–water partition coefficient (Wildman–Crippen LogP) is 14.7. The molecular weight excluding hydrogens is 1190 g/mol. The number of hydrogen-bond acceptors (Lipinski definition) is 16. The van der Waals surface area contributed by atoms with Gasteiger partial charge in [-0.25, -0.2) is 0 Å². The quantitative estimate of drug-likeness (QED) is 0.0197. The maximum absolute atomic E-state index is 13.6. The summed E-state index contributed by atoms with van der Waals surface area (Å²) in [6.07, 6.45) is 19.8. The Kier molecular flexibility index (Phi) is 33.0. The molecule has 0 spiro atoms. The molecule has 91 heavy (non-hydrogen) atoms. The van der Waals surface area contributed by atoms with E-state index in [2.05, 4.69) is 108 Å². The van der Waals surface area contributed by atoms with Gasteiger partial charge in [-0.2, -0.15) is 0 Å². The largest absolute Gasteiger partial charge is 0.457 e. The van der Waals surface area contributed by atoms with Crippen LogP contribution >= 0.6 is 0 Å². The maximum atomic E-state index is 13.6. The number of allylic oxidation sites excluding steroid dienone is 6. The fourth-order valence-electron chi connectivity index (χ4n) is 11.4. The van der Waals surface area contributed by atoms with Crippen LogP contribution in [0.1, 0.15) is 210 Å². The van der Waals surface area contributed by atoms with Crippen molar-refractivity contribution in [2.24, 2.45) is 35.5 Å². The molecule has 0 aromatic heterocycles. The van der Waals surface area contributed by atoms with Crippen molar-refractivity contribution in [2.75, 3.05) is 0 Å². The van der Waals surface area contributed by atoms with E-state index in [9.17, 15) is 39.6 Å². The van der Waals surface area contributed by atoms with Gasteiger partial charge in [0, 0.05) is 43.6 Å². The second-order valence-electron chi connectivity index (χ2n) is 30.5. The Labute approximate surface area is 553 Å². The number of aliphatic hydroxyl groups is 4. The van der Waals surface area contributed by atoms with Crippen LogP contribution in [0.3, 0.4) is 0 Å². The molecule has 4 rings (SSSR count). The molecule has 16 nitrogen and oxygen atoms in total. The molecule has 4 N–H and O–H groups in total. The minimum Gasteiger partial charge on any atom is -0.457 e. The van der Waals surface area contributed by atoms with E-state index in [-0.39, 0.29) is 116 Å². The van der Waals surface area contributed by atoms with E-state index in [0.717, 1.165) is 36.8 Å². The topological polar surface area (TPSA) is 230 Å². The van der Waals surface area contributed by atoms with E-state index in [1.165, 1.54) is 13.8 Å². The highest BCUT2D eigenvalue weighted by Gasteiger charge is 2.49. The van der Waals surface area contributed by atoms with Crippen molar-refractivity contribution in [3.8, 4) is 0 Å². The van der Waals surface area contributed by atoms with E-state index in [1.54, 1.807) is 32.1 Å². The lowest BCUT2D eigenvalue weighted by molar-refractivity contribution is -0.158. The number of esters is 4. The molecule has 4 aliphatic heterocycles. The Morgan fingerprint density at radius 1 is 0.659 bits per heavy atom. The molecule has 18 heteroatoms. The molecule has 0 unspecified atom stereocenters. The highest BCUT2D eigenvalue weighted by atomic mass is 28.4. The molecule has 4 heterocycles. The van der Waals surface area contributed by atoms with Gasteiger partial charge in [0.05, 0.1) is 55.6 Å². The summed E-state index contributed by atoms with van der Waals surface area (Å²) < 4.78 is 48.5. The fraction of sp³-hybridized carbons (Fsp3) is 0.781. The normalized spacial score (nSPS) is 33.0. The molecule has 2 fully saturated rings. The molecule has 4 aliphatic rings. The number of rotatable bonds is 22. The van der Waals surface area contributed by atoms with Crippen molar-refractivity contribution in [1.29, 1.82) is 0 Å². The van der Waals surface area contributed by atoms with Crippen LogP contribution in [0.25, 0.3) is 0 Å². The fourth-order valence-corrected chi connectivity index (χ4v) is 14.2. The van der Waals surface area contributed by atoms with E-state index in [0.29, 0.717) is 18.3 Å². The van der Waals surface area contributed by atoms with Crippen molar-refractivity contribution in [3.63, 3.8) is 0 Å². The molecule has 0 aliphatic carbocycles. The number of epoxide rings is 2. The van der Waals surface area contributed by atoms with Gasteiger partial charge in [0.1, 0.15) is 35.6 Å². The summed E-state index contributed by atoms with van der Waals surface area (Å²) in [4.78, 5) is 49.9. The average Bonchev–Trinajstić information content (AvgIpc) is 1.66. The van der Waals surface area contributed by atoms with Gasteiger partial charge in [0.2, 0.25) is 0 Å². The van der Waals surface area contributed by atoms with E-state index < -0.39 is 82.4 Å². The van der Waals surface area contributed by atoms with Crippen LogP contribution in [0.15, 0.2) is 71.9 Å². The summed E-state index contributed by atoms with van der Waals surface area (Å²) >= 11 is 0. The number of ether oxygens (including phenoxy) is 6. The zero-order valence-corrected chi connectivity index (χ0v) is 61.9. The van der Waals surface area contributed by atoms with Gasteiger partial charge in [-0.05, 0) is 150 Å². The second-order valence-corrected chi connectivity index (χ2v) is 40.0. The zero-order valence-electron chi connectivity index (χ0n) is 59.9. The standard InChI is InChI=1S/C42H76O8Si2.C30H48O8.CH4/c1-18-34(50-52(16,17)41(10,11)12)31(5)39-35(47-39)26-28(2)20-19-21-29(3)38-30(4)22-23-36(46-32(6)43)42(13,45)25-24-33(27-37(44)48-38)49-51(14,15)40(7,8)9;1-8-24(33)21(5)29-25(37-29)16-18(2)10-9-11-19(3)28-20(4)12-13-26(36-22(6)31)30(7,35)15-14-23(32)17-27(34)38-28;/h19-23,28,30-31,33-36,38-39,45H,18,24-27H2,1-17H3;9-13,18,20-21,23-26,28-29,32-33,35H,8,14-17H2,1-7H3;1H4/b20-19+,23-22+,29-21+;10-9+,13-12+,19-11+;/t28-,30+,31-,33-,34-,35-,36+,38-,39-,42-;18-,20+,21-,23-,24+,25-,26+,28-,29-,30-;/m11./s1. The van der Waals surface area contributed by atoms with Gasteiger partial charge in [0.15, 0.2) is 16.6 Å². The van der Waals surface area contributed by atoms with Crippen molar-refractivity contribution >= 4 is 40.5 Å². The van der Waals surface area contributed by atoms with Crippen molar-refractivity contribution in [2.45, 2.75) is 331 Å². The third-order valence-electron chi connectivity index (χ3n) is 19.7. The monoisotopic (exact) mass is 1320 g/mol. The van der Waals surface area contributed by atoms with E-state index in [1.807, 2.05) is 71.9 Å². The summed E-state index contributed by atoms with van der Waals surface area (Å²) in [6, 6.07) is 0. The first-order valence-electron chi connectivity index (χ1n) is 33.6. The highest BCUT2D eigenvalue weighted by molar-refractivity contribution is 6.74. The van der Waals surface area contributed by atoms with Gasteiger partial charge in [-0.15, -0.1) is 0 Å². The highest BCUT2D eigenvalue weighted by Crippen LogP contribution is 2.44. The molecule has 0 bridgehead atoms. The number of cyclic esters (lactones) is 2. The van der Waals surface area contributed by atoms with Crippen LogP contribution in [0.4, 0.5) is 0 Å². The predicted molar refractivity (Wildman–Crippen MR) is 369 cm³/mol. The minimum atomic E-state index is -2.25. The lowest BCUT2D eigenvalue weighted by Crippen LogP contribution is -2.46. The Hall–Kier alpha value is -3.57. The molecule has 0 radical (unpaired) electrons. The Bertz CT molecular complexity index is 2480. The van der Waals surface area contributed by atoms with Crippen LogP contribution in [-0.2, 0) is 56.5 Å². The SMILES string of the molecule is C.CC[C@@H](O[Si](C)(C)C(C)(C)C)[C@@H](C)[C@H]1O[C@@H]1C[C@H](C)/C=C/C=C(\C)[C@H]1OC(=O)C[C@H](O[Si](C)(C)C(C)(C)C)CC[C@@](C)(O)[C@@H](OC(C)=O)/C=C/[C@@H]1C.CC[C@H](O)[C@@H](C)[C@H]1O[C@@H]1C[C@H](C)/C=C/C=C(\C)[C@H]1OC(=O)C[C@H](O)CC[C@@](C)(O)[C@@H](OC(C)=O)/C=C/[C@@H]1C. The third kappa shape index (κ3) is 27.2. The zero-order chi connectivity index (χ0) is 68.7. The molecule has 2 saturated heterocycles. The van der Waals surface area contributed by atoms with Gasteiger partial charge in [0.25, 0.3) is 0 Å². The second kappa shape index (κ2) is 36.0. The summed E-state index contributed by atoms with van der Waals surface area (Å²) in [6.45, 7) is 48.7. The van der Waals surface area contributed by atoms with Crippen molar-refractivity contribution in [1.82, 2.24) is 0 Å². The van der Waals surface area contributed by atoms with E-state index in [4.69, 9.17) is 37.3 Å². The minimum absolute atomic E-state index is 0. The van der Waals surface area contributed by atoms with Gasteiger partial charge in [-0.1, -0.05) is 153 Å². The molecule has 0 aromatic rings. The molecule has 20 atom stereocenters. The molecule has 524 valence electrons. The molecule has 0 amide bonds. The first-order valence-corrected chi connectivity index (χ1v) is 39.5. The first-order chi connectivity index (χ1) is 41.4. The van der Waals surface area contributed by atoms with Crippen molar-refractivity contribution in [3.05, 3.63) is 71.9 Å². The Morgan fingerprint density at radius 3 is 1.46 bits per heavy atom. The Morgan fingerprint density at radius 2 is 1.07 bits per heavy atom. The van der Waals surface area contributed by atoms with Crippen LogP contribution in [0.2, 0.25) is 36.3 Å². The van der Waals surface area contributed by atoms with Gasteiger partial charge in [-0.3, -0.25) is 19.2 Å². The summed E-state index contributed by atoms with van der Waals surface area (Å²) in [7, 11) is -4.12. The number of aliphatic hydroxyl groups excluding tert-OH is 2. The smallest absolute Gasteiger partial charge is 0.309 e. The lowest BCUT2D eigenvalue weighted by atomic mass is 9.88. The first kappa shape index (κ1) is 83.5. The van der Waals surface area contributed by atoms with Crippen LogP contribution in [0, 0.1) is 35.5 Å². The third-order valence-corrected chi connectivity index (χ3v) is 28.8. The lowest BCUT2D eigenvalue weighted by Gasteiger charge is -2.40. The summed E-state index contributed by atoms with van der Waals surface area (Å²) in [5, 5.41) is 43.0. The number of carbonyl (C=O) groups excluding carboxylic acids is 4. The maximum Gasteiger partial charge on any atom is 0.309 e.